The predicted octanol–water partition coefficient (Wildman–Crippen LogP) is 9.71. The van der Waals surface area contributed by atoms with Crippen LogP contribution in [0.1, 0.15) is 0 Å². The minimum absolute atomic E-state index is 0.803. The largest absolute Gasteiger partial charge is 0.306 e. The highest BCUT2D eigenvalue weighted by Crippen LogP contribution is 2.48. The fraction of sp³-hybridized carbons (Fsp3) is 0. The number of hydrogen-bond acceptors (Lipinski definition) is 2. The van der Waals surface area contributed by atoms with E-state index in [0.29, 0.717) is 0 Å². The van der Waals surface area contributed by atoms with Crippen molar-refractivity contribution in [1.29, 1.82) is 0 Å². The minimum atomic E-state index is 0.803. The SMILES string of the molecule is c1ccc2c(c1)-c1ccccc1-c1cn(-c3cnc4c5ccccc5c5ccccc5c4n3)cc1-c1ccccc1-2. The molecule has 0 saturated heterocycles. The summed E-state index contributed by atoms with van der Waals surface area (Å²) < 4.78 is 2.14. The third kappa shape index (κ3) is 3.20. The molecule has 3 heteroatoms. The molecule has 6 aromatic carbocycles. The first-order valence-electron chi connectivity index (χ1n) is 13.9. The second kappa shape index (κ2) is 8.48. The first kappa shape index (κ1) is 22.3. The molecule has 0 bridgehead atoms. The number of aromatic nitrogens is 3. The second-order valence-corrected chi connectivity index (χ2v) is 10.6. The van der Waals surface area contributed by atoms with Crippen LogP contribution < -0.4 is 0 Å². The Kier molecular flexibility index (Phi) is 4.61. The van der Waals surface area contributed by atoms with E-state index in [4.69, 9.17) is 9.97 Å². The van der Waals surface area contributed by atoms with E-state index in [1.165, 1.54) is 55.3 Å². The van der Waals surface area contributed by atoms with Crippen LogP contribution in [-0.4, -0.2) is 14.5 Å². The highest BCUT2D eigenvalue weighted by molar-refractivity contribution is 6.23. The van der Waals surface area contributed by atoms with Crippen molar-refractivity contribution in [2.75, 3.05) is 0 Å². The van der Waals surface area contributed by atoms with Gasteiger partial charge in [0.2, 0.25) is 0 Å². The summed E-state index contributed by atoms with van der Waals surface area (Å²) in [6.07, 6.45) is 6.35. The summed E-state index contributed by atoms with van der Waals surface area (Å²) in [5.41, 5.74) is 11.6. The first-order chi connectivity index (χ1) is 20.3. The van der Waals surface area contributed by atoms with E-state index >= 15 is 0 Å². The molecule has 0 aliphatic heterocycles. The van der Waals surface area contributed by atoms with Crippen molar-refractivity contribution < 1.29 is 0 Å². The normalized spacial score (nSPS) is 11.9. The van der Waals surface area contributed by atoms with E-state index in [1.54, 1.807) is 0 Å². The van der Waals surface area contributed by atoms with Gasteiger partial charge >= 0.3 is 0 Å². The van der Waals surface area contributed by atoms with Gasteiger partial charge in [0, 0.05) is 34.3 Å². The Morgan fingerprint density at radius 1 is 0.366 bits per heavy atom. The summed E-state index contributed by atoms with van der Waals surface area (Å²) in [7, 11) is 0. The molecule has 0 saturated carbocycles. The van der Waals surface area contributed by atoms with Crippen molar-refractivity contribution in [2.24, 2.45) is 0 Å². The van der Waals surface area contributed by atoms with Gasteiger partial charge in [-0.25, -0.2) is 4.98 Å². The highest BCUT2D eigenvalue weighted by Gasteiger charge is 2.23. The van der Waals surface area contributed by atoms with Gasteiger partial charge in [-0.05, 0) is 44.2 Å². The average Bonchev–Trinajstić information content (AvgIpc) is 3.49. The standard InChI is InChI=1S/C38H23N3/c1-2-12-25-24(11-1)26-13-3-5-17-30(26)34-22-41(23-35(34)31-18-6-4-14-27(25)31)36-21-39-37-32-19-9-7-15-28(32)29-16-8-10-20-33(29)38(37)40-36/h1-23H. The van der Waals surface area contributed by atoms with Crippen LogP contribution in [0.3, 0.4) is 0 Å². The van der Waals surface area contributed by atoms with Crippen molar-refractivity contribution in [3.8, 4) is 50.3 Å². The molecule has 8 aromatic rings. The number of nitrogens with zero attached hydrogens (tertiary/aromatic N) is 3. The van der Waals surface area contributed by atoms with Crippen LogP contribution >= 0.6 is 0 Å². The molecular weight excluding hydrogens is 498 g/mol. The second-order valence-electron chi connectivity index (χ2n) is 10.6. The van der Waals surface area contributed by atoms with Crippen molar-refractivity contribution >= 4 is 32.6 Å². The zero-order valence-electron chi connectivity index (χ0n) is 22.1. The van der Waals surface area contributed by atoms with Gasteiger partial charge in [0.25, 0.3) is 0 Å². The lowest BCUT2D eigenvalue weighted by atomic mass is 9.82. The lowest BCUT2D eigenvalue weighted by Crippen LogP contribution is -1.98. The summed E-state index contributed by atoms with van der Waals surface area (Å²) in [5.74, 6) is 0.803. The molecule has 0 N–H and O–H groups in total. The molecule has 0 unspecified atom stereocenters. The van der Waals surface area contributed by atoms with Gasteiger partial charge in [-0.1, -0.05) is 121 Å². The maximum atomic E-state index is 5.27. The molecule has 3 nitrogen and oxygen atoms in total. The summed E-state index contributed by atoms with van der Waals surface area (Å²) >= 11 is 0. The molecule has 41 heavy (non-hydrogen) atoms. The molecular formula is C38H23N3. The molecule has 0 amide bonds. The van der Waals surface area contributed by atoms with Crippen LogP contribution in [0.25, 0.3) is 82.9 Å². The Morgan fingerprint density at radius 3 is 1.20 bits per heavy atom. The highest BCUT2D eigenvalue weighted by atomic mass is 15.1. The maximum Gasteiger partial charge on any atom is 0.155 e. The van der Waals surface area contributed by atoms with E-state index in [1.807, 2.05) is 6.20 Å². The van der Waals surface area contributed by atoms with Crippen molar-refractivity contribution in [3.05, 3.63) is 140 Å². The predicted molar refractivity (Wildman–Crippen MR) is 169 cm³/mol. The molecule has 9 rings (SSSR count). The molecule has 190 valence electrons. The van der Waals surface area contributed by atoms with Crippen LogP contribution in [0.5, 0.6) is 0 Å². The van der Waals surface area contributed by atoms with Crippen LogP contribution in [0.15, 0.2) is 140 Å². The van der Waals surface area contributed by atoms with E-state index in [9.17, 15) is 0 Å². The van der Waals surface area contributed by atoms with Crippen molar-refractivity contribution in [1.82, 2.24) is 14.5 Å². The lowest BCUT2D eigenvalue weighted by molar-refractivity contribution is 1.01. The molecule has 2 heterocycles. The number of hydrogen-bond donors (Lipinski definition) is 0. The van der Waals surface area contributed by atoms with E-state index in [0.717, 1.165) is 27.6 Å². The maximum absolute atomic E-state index is 5.27. The van der Waals surface area contributed by atoms with Gasteiger partial charge < -0.3 is 4.57 Å². The fourth-order valence-electron chi connectivity index (χ4n) is 6.61. The summed E-state index contributed by atoms with van der Waals surface area (Å²) in [5, 5.41) is 4.64. The number of benzene rings is 6. The molecule has 0 radical (unpaired) electrons. The van der Waals surface area contributed by atoms with Crippen LogP contribution in [-0.2, 0) is 0 Å². The zero-order valence-corrected chi connectivity index (χ0v) is 22.1. The third-order valence-electron chi connectivity index (χ3n) is 8.45. The topological polar surface area (TPSA) is 30.7 Å². The van der Waals surface area contributed by atoms with Gasteiger partial charge in [0.15, 0.2) is 5.82 Å². The van der Waals surface area contributed by atoms with E-state index in [-0.39, 0.29) is 0 Å². The quantitative estimate of drug-likeness (QED) is 0.201. The molecule has 0 fully saturated rings. The number of rotatable bonds is 1. The van der Waals surface area contributed by atoms with Crippen LogP contribution in [0.2, 0.25) is 0 Å². The van der Waals surface area contributed by atoms with Gasteiger partial charge in [0.1, 0.15) is 0 Å². The fourth-order valence-corrected chi connectivity index (χ4v) is 6.61. The van der Waals surface area contributed by atoms with Crippen molar-refractivity contribution in [3.63, 3.8) is 0 Å². The summed E-state index contributed by atoms with van der Waals surface area (Å²) in [6, 6.07) is 43.2. The van der Waals surface area contributed by atoms with E-state index < -0.39 is 0 Å². The molecule has 0 spiro atoms. The van der Waals surface area contributed by atoms with Gasteiger partial charge in [-0.2, -0.15) is 0 Å². The summed E-state index contributed by atoms with van der Waals surface area (Å²) in [4.78, 5) is 10.3. The van der Waals surface area contributed by atoms with Crippen LogP contribution in [0.4, 0.5) is 0 Å². The lowest BCUT2D eigenvalue weighted by Gasteiger charge is -2.20. The molecule has 2 aromatic heterocycles. The van der Waals surface area contributed by atoms with Gasteiger partial charge in [-0.3, -0.25) is 4.98 Å². The Balaban J connectivity index is 1.34. The third-order valence-corrected chi connectivity index (χ3v) is 8.45. The van der Waals surface area contributed by atoms with Gasteiger partial charge in [-0.15, -0.1) is 0 Å². The summed E-state index contributed by atoms with van der Waals surface area (Å²) in [6.45, 7) is 0. The minimum Gasteiger partial charge on any atom is -0.306 e. The Hall–Kier alpha value is -5.54. The van der Waals surface area contributed by atoms with Gasteiger partial charge in [0.05, 0.1) is 17.2 Å². The Labute approximate surface area is 237 Å². The van der Waals surface area contributed by atoms with Crippen LogP contribution in [0, 0.1) is 0 Å². The Bertz CT molecular complexity index is 2210. The smallest absolute Gasteiger partial charge is 0.155 e. The first-order valence-corrected chi connectivity index (χ1v) is 13.9. The molecule has 0 atom stereocenters. The zero-order chi connectivity index (χ0) is 26.9. The Morgan fingerprint density at radius 2 is 0.732 bits per heavy atom. The monoisotopic (exact) mass is 521 g/mol. The van der Waals surface area contributed by atoms with Crippen molar-refractivity contribution in [2.45, 2.75) is 0 Å². The molecule has 1 aliphatic rings. The average molecular weight is 522 g/mol. The molecule has 1 aliphatic carbocycles. The number of fused-ring (bicyclic) bond motifs is 14. The van der Waals surface area contributed by atoms with E-state index in [2.05, 4.69) is 138 Å².